The van der Waals surface area contributed by atoms with E-state index in [2.05, 4.69) is 5.32 Å². The number of benzene rings is 2. The summed E-state index contributed by atoms with van der Waals surface area (Å²) in [6, 6.07) is 10.4. The Kier molecular flexibility index (Phi) is 7.05. The Labute approximate surface area is 158 Å². The molecule has 3 N–H and O–H groups in total. The van der Waals surface area contributed by atoms with Gasteiger partial charge in [-0.15, -0.1) is 0 Å². The summed E-state index contributed by atoms with van der Waals surface area (Å²) in [5.41, 5.74) is 7.85. The number of anilines is 2. The highest BCUT2D eigenvalue weighted by Gasteiger charge is 2.19. The van der Waals surface area contributed by atoms with E-state index in [4.69, 9.17) is 19.9 Å². The molecule has 0 fully saturated rings. The molecule has 0 atom stereocenters. The van der Waals surface area contributed by atoms with Gasteiger partial charge in [-0.25, -0.2) is 4.79 Å². The van der Waals surface area contributed by atoms with Gasteiger partial charge >= 0.3 is 5.97 Å². The Morgan fingerprint density at radius 2 is 1.67 bits per heavy atom. The molecule has 0 bridgehead atoms. The fourth-order valence-electron chi connectivity index (χ4n) is 2.52. The van der Waals surface area contributed by atoms with Crippen molar-refractivity contribution in [1.82, 2.24) is 0 Å². The number of rotatable bonds is 8. The maximum atomic E-state index is 12.4. The van der Waals surface area contributed by atoms with Crippen LogP contribution in [-0.4, -0.2) is 32.7 Å². The van der Waals surface area contributed by atoms with Gasteiger partial charge in [0.05, 0.1) is 32.1 Å². The molecule has 2 rings (SSSR count). The Morgan fingerprint density at radius 1 is 1.04 bits per heavy atom. The fourth-order valence-corrected chi connectivity index (χ4v) is 2.52. The molecule has 0 heterocycles. The minimum atomic E-state index is -0.549. The molecule has 7 nitrogen and oxygen atoms in total. The summed E-state index contributed by atoms with van der Waals surface area (Å²) in [7, 11) is 2.95. The largest absolute Gasteiger partial charge is 0.493 e. The highest BCUT2D eigenvalue weighted by atomic mass is 16.5. The zero-order valence-electron chi connectivity index (χ0n) is 15.7. The first-order chi connectivity index (χ1) is 13.0. The molecule has 0 aliphatic heterocycles. The molecule has 0 unspecified atom stereocenters. The van der Waals surface area contributed by atoms with E-state index in [1.165, 1.54) is 20.3 Å². The maximum Gasteiger partial charge on any atom is 0.340 e. The van der Waals surface area contributed by atoms with Gasteiger partial charge in [0.2, 0.25) is 5.91 Å². The third-order valence-corrected chi connectivity index (χ3v) is 3.91. The first kappa shape index (κ1) is 20.1. The minimum absolute atomic E-state index is 0.204. The van der Waals surface area contributed by atoms with Crippen LogP contribution in [0.5, 0.6) is 11.5 Å². The highest BCUT2D eigenvalue weighted by Crippen LogP contribution is 2.34. The average molecular weight is 372 g/mol. The number of nitrogen functional groups attached to an aromatic ring is 1. The normalized spacial score (nSPS) is 10.2. The molecule has 0 radical (unpaired) electrons. The molecular weight excluding hydrogens is 348 g/mol. The van der Waals surface area contributed by atoms with E-state index < -0.39 is 5.97 Å². The van der Waals surface area contributed by atoms with Crippen molar-refractivity contribution in [3.8, 4) is 11.5 Å². The summed E-state index contributed by atoms with van der Waals surface area (Å²) < 4.78 is 15.5. The van der Waals surface area contributed by atoms with Crippen molar-refractivity contribution < 1.29 is 23.8 Å². The number of nitrogens with two attached hydrogens (primary N) is 1. The number of hydrogen-bond donors (Lipinski definition) is 2. The minimum Gasteiger partial charge on any atom is -0.493 e. The van der Waals surface area contributed by atoms with Crippen LogP contribution in [0, 0.1) is 0 Å². The van der Waals surface area contributed by atoms with E-state index in [0.29, 0.717) is 29.3 Å². The summed E-state index contributed by atoms with van der Waals surface area (Å²) in [6.07, 6.45) is 0.800. The van der Waals surface area contributed by atoms with E-state index in [1.54, 1.807) is 25.1 Å². The van der Waals surface area contributed by atoms with Crippen LogP contribution in [0.25, 0.3) is 0 Å². The summed E-state index contributed by atoms with van der Waals surface area (Å²) in [5.74, 6) is -0.00306. The second kappa shape index (κ2) is 9.47. The van der Waals surface area contributed by atoms with E-state index in [0.717, 1.165) is 5.56 Å². The lowest BCUT2D eigenvalue weighted by Gasteiger charge is -2.15. The zero-order chi connectivity index (χ0) is 19.8. The van der Waals surface area contributed by atoms with Gasteiger partial charge in [-0.05, 0) is 31.0 Å². The second-order valence-electron chi connectivity index (χ2n) is 5.76. The molecule has 27 heavy (non-hydrogen) atoms. The molecule has 2 aromatic carbocycles. The van der Waals surface area contributed by atoms with Gasteiger partial charge in [0.1, 0.15) is 0 Å². The van der Waals surface area contributed by atoms with E-state index in [1.807, 2.05) is 12.1 Å². The number of ether oxygens (including phenoxy) is 3. The van der Waals surface area contributed by atoms with Gasteiger partial charge in [-0.3, -0.25) is 4.79 Å². The molecule has 144 valence electrons. The van der Waals surface area contributed by atoms with Crippen molar-refractivity contribution >= 4 is 23.3 Å². The summed E-state index contributed by atoms with van der Waals surface area (Å²) in [5, 5.41) is 2.76. The van der Waals surface area contributed by atoms with Gasteiger partial charge in [0, 0.05) is 24.2 Å². The van der Waals surface area contributed by atoms with Gasteiger partial charge in [-0.1, -0.05) is 12.1 Å². The van der Waals surface area contributed by atoms with E-state index in [-0.39, 0.29) is 24.5 Å². The number of carbonyl (C=O) groups is 2. The number of methoxy groups -OCH3 is 2. The summed E-state index contributed by atoms with van der Waals surface area (Å²) in [6.45, 7) is 1.93. The zero-order valence-corrected chi connectivity index (χ0v) is 15.7. The van der Waals surface area contributed by atoms with Crippen LogP contribution >= 0.6 is 0 Å². The highest BCUT2D eigenvalue weighted by molar-refractivity contribution is 6.02. The molecule has 1 amide bonds. The van der Waals surface area contributed by atoms with Crippen molar-refractivity contribution in [3.63, 3.8) is 0 Å². The lowest BCUT2D eigenvalue weighted by molar-refractivity contribution is -0.116. The molecule has 0 spiro atoms. The third kappa shape index (κ3) is 5.37. The summed E-state index contributed by atoms with van der Waals surface area (Å²) >= 11 is 0. The number of amides is 1. The van der Waals surface area contributed by atoms with Crippen LogP contribution in [0.15, 0.2) is 36.4 Å². The Balaban J connectivity index is 2.17. The monoisotopic (exact) mass is 372 g/mol. The van der Waals surface area contributed by atoms with Gasteiger partial charge < -0.3 is 25.3 Å². The quantitative estimate of drug-likeness (QED) is 0.546. The van der Waals surface area contributed by atoms with Crippen molar-refractivity contribution in [2.45, 2.75) is 19.8 Å². The predicted octanol–water partition coefficient (Wildman–Crippen LogP) is 3.03. The molecule has 0 aliphatic rings. The first-order valence-electron chi connectivity index (χ1n) is 8.55. The molecule has 0 saturated carbocycles. The molecule has 2 aromatic rings. The Bertz CT molecular complexity index is 803. The van der Waals surface area contributed by atoms with Crippen molar-refractivity contribution in [2.75, 3.05) is 31.9 Å². The lowest BCUT2D eigenvalue weighted by Crippen LogP contribution is -2.16. The predicted molar refractivity (Wildman–Crippen MR) is 103 cm³/mol. The molecular formula is C20H24N2O5. The van der Waals surface area contributed by atoms with Crippen LogP contribution in [0.3, 0.4) is 0 Å². The standard InChI is InChI=1S/C20H24N2O5/c1-4-27-20(24)15-11-17(25-2)18(26-3)12-16(15)22-19(23)10-7-13-5-8-14(21)9-6-13/h5-6,8-9,11-12H,4,7,10,21H2,1-3H3,(H,22,23). The van der Waals surface area contributed by atoms with Gasteiger partial charge in [0.25, 0.3) is 0 Å². The fraction of sp³-hybridized carbons (Fsp3) is 0.300. The topological polar surface area (TPSA) is 99.9 Å². The van der Waals surface area contributed by atoms with E-state index in [9.17, 15) is 9.59 Å². The SMILES string of the molecule is CCOC(=O)c1cc(OC)c(OC)cc1NC(=O)CCc1ccc(N)cc1. The van der Waals surface area contributed by atoms with Crippen molar-refractivity contribution in [2.24, 2.45) is 0 Å². The number of hydrogen-bond acceptors (Lipinski definition) is 6. The van der Waals surface area contributed by atoms with Crippen LogP contribution in [0.2, 0.25) is 0 Å². The van der Waals surface area contributed by atoms with Crippen LogP contribution in [0.4, 0.5) is 11.4 Å². The van der Waals surface area contributed by atoms with Crippen LogP contribution in [0.1, 0.15) is 29.3 Å². The maximum absolute atomic E-state index is 12.4. The lowest BCUT2D eigenvalue weighted by atomic mass is 10.1. The van der Waals surface area contributed by atoms with Crippen LogP contribution < -0.4 is 20.5 Å². The van der Waals surface area contributed by atoms with Crippen LogP contribution in [-0.2, 0) is 16.0 Å². The number of nitrogens with one attached hydrogen (secondary N) is 1. The smallest absolute Gasteiger partial charge is 0.340 e. The van der Waals surface area contributed by atoms with Crippen molar-refractivity contribution in [1.29, 1.82) is 0 Å². The number of esters is 1. The average Bonchev–Trinajstić information content (AvgIpc) is 2.67. The Morgan fingerprint density at radius 3 is 2.26 bits per heavy atom. The molecule has 0 aliphatic carbocycles. The molecule has 0 aromatic heterocycles. The number of carbonyl (C=O) groups excluding carboxylic acids is 2. The molecule has 7 heteroatoms. The first-order valence-corrected chi connectivity index (χ1v) is 8.55. The molecule has 0 saturated heterocycles. The van der Waals surface area contributed by atoms with E-state index >= 15 is 0 Å². The summed E-state index contributed by atoms with van der Waals surface area (Å²) in [4.78, 5) is 24.6. The third-order valence-electron chi connectivity index (χ3n) is 3.91. The van der Waals surface area contributed by atoms with Gasteiger partial charge in [0.15, 0.2) is 11.5 Å². The van der Waals surface area contributed by atoms with Crippen molar-refractivity contribution in [3.05, 3.63) is 47.5 Å². The number of aryl methyl sites for hydroxylation is 1. The Hall–Kier alpha value is -3.22. The second-order valence-corrected chi connectivity index (χ2v) is 5.76. The van der Waals surface area contributed by atoms with Gasteiger partial charge in [-0.2, -0.15) is 0 Å².